The van der Waals surface area contributed by atoms with Crippen molar-refractivity contribution in [1.82, 2.24) is 4.31 Å². The third-order valence-corrected chi connectivity index (χ3v) is 4.96. The molecule has 0 unspecified atom stereocenters. The average Bonchev–Trinajstić information content (AvgIpc) is 2.33. The summed E-state index contributed by atoms with van der Waals surface area (Å²) < 4.78 is 26.5. The highest BCUT2D eigenvalue weighted by atomic mass is 35.5. The SMILES string of the molecule is CC(C)CN(CCC#N)S(=O)(=O)c1ccc(N)cc1Cl. The van der Waals surface area contributed by atoms with Crippen LogP contribution in [-0.4, -0.2) is 25.8 Å². The number of sulfonamides is 1. The Kier molecular flexibility index (Phi) is 5.81. The van der Waals surface area contributed by atoms with E-state index in [0.29, 0.717) is 12.2 Å². The number of benzene rings is 1. The lowest BCUT2D eigenvalue weighted by molar-refractivity contribution is 0.373. The lowest BCUT2D eigenvalue weighted by atomic mass is 10.2. The van der Waals surface area contributed by atoms with Crippen LogP contribution in [0.1, 0.15) is 20.3 Å². The van der Waals surface area contributed by atoms with Crippen molar-refractivity contribution in [2.45, 2.75) is 25.2 Å². The summed E-state index contributed by atoms with van der Waals surface area (Å²) in [5, 5.41) is 8.76. The number of nitrogens with two attached hydrogens (primary N) is 1. The minimum absolute atomic E-state index is 0.0203. The molecule has 5 nitrogen and oxygen atoms in total. The van der Waals surface area contributed by atoms with E-state index in [1.807, 2.05) is 19.9 Å². The second-order valence-corrected chi connectivity index (χ2v) is 7.17. The van der Waals surface area contributed by atoms with Gasteiger partial charge in [0.25, 0.3) is 0 Å². The van der Waals surface area contributed by atoms with E-state index in [4.69, 9.17) is 22.6 Å². The predicted molar refractivity (Wildman–Crippen MR) is 79.7 cm³/mol. The number of hydrogen-bond acceptors (Lipinski definition) is 4. The molecule has 0 fully saturated rings. The fraction of sp³-hybridized carbons (Fsp3) is 0.462. The number of halogens is 1. The van der Waals surface area contributed by atoms with Gasteiger partial charge in [0.05, 0.1) is 11.1 Å². The molecule has 1 aromatic carbocycles. The van der Waals surface area contributed by atoms with Crippen molar-refractivity contribution in [3.63, 3.8) is 0 Å². The van der Waals surface area contributed by atoms with Gasteiger partial charge in [0.2, 0.25) is 10.0 Å². The molecule has 0 aliphatic carbocycles. The average molecular weight is 316 g/mol. The zero-order valence-corrected chi connectivity index (χ0v) is 13.1. The fourth-order valence-corrected chi connectivity index (χ4v) is 3.89. The molecule has 0 saturated carbocycles. The topological polar surface area (TPSA) is 87.2 Å². The summed E-state index contributed by atoms with van der Waals surface area (Å²) >= 11 is 5.98. The Hall–Kier alpha value is -1.29. The Morgan fingerprint density at radius 2 is 2.10 bits per heavy atom. The Bertz CT molecular complexity index is 609. The number of anilines is 1. The highest BCUT2D eigenvalue weighted by molar-refractivity contribution is 7.89. The number of hydrogen-bond donors (Lipinski definition) is 1. The molecule has 0 heterocycles. The zero-order valence-electron chi connectivity index (χ0n) is 11.5. The smallest absolute Gasteiger partial charge is 0.244 e. The minimum atomic E-state index is -3.72. The molecule has 7 heteroatoms. The molecule has 0 aromatic heterocycles. The van der Waals surface area contributed by atoms with Crippen molar-refractivity contribution in [2.75, 3.05) is 18.8 Å². The van der Waals surface area contributed by atoms with Crippen LogP contribution in [0.25, 0.3) is 0 Å². The second kappa shape index (κ2) is 6.93. The van der Waals surface area contributed by atoms with Gasteiger partial charge in [-0.2, -0.15) is 9.57 Å². The van der Waals surface area contributed by atoms with E-state index in [1.54, 1.807) is 0 Å². The Balaban J connectivity index is 3.18. The number of nitrogen functional groups attached to an aromatic ring is 1. The Labute approximate surface area is 125 Å². The number of rotatable bonds is 6. The first-order chi connectivity index (χ1) is 9.28. The number of nitriles is 1. The lowest BCUT2D eigenvalue weighted by Crippen LogP contribution is -2.35. The molecule has 0 saturated heterocycles. The van der Waals surface area contributed by atoms with Crippen LogP contribution in [-0.2, 0) is 10.0 Å². The van der Waals surface area contributed by atoms with E-state index in [1.165, 1.54) is 22.5 Å². The summed E-state index contributed by atoms with van der Waals surface area (Å²) in [4.78, 5) is 0.0203. The predicted octanol–water partition coefficient (Wildman–Crippen LogP) is 2.48. The van der Waals surface area contributed by atoms with Crippen molar-refractivity contribution in [3.8, 4) is 6.07 Å². The first-order valence-electron chi connectivity index (χ1n) is 6.21. The van der Waals surface area contributed by atoms with Gasteiger partial charge in [-0.1, -0.05) is 25.4 Å². The van der Waals surface area contributed by atoms with Crippen LogP contribution in [0.2, 0.25) is 5.02 Å². The van der Waals surface area contributed by atoms with E-state index in [0.717, 1.165) is 0 Å². The van der Waals surface area contributed by atoms with Gasteiger partial charge in [-0.25, -0.2) is 8.42 Å². The molecule has 1 aromatic rings. The van der Waals surface area contributed by atoms with Gasteiger partial charge in [-0.05, 0) is 24.1 Å². The van der Waals surface area contributed by atoms with E-state index in [9.17, 15) is 8.42 Å². The monoisotopic (exact) mass is 315 g/mol. The van der Waals surface area contributed by atoms with Crippen molar-refractivity contribution < 1.29 is 8.42 Å². The molecule has 20 heavy (non-hydrogen) atoms. The van der Waals surface area contributed by atoms with E-state index in [-0.39, 0.29) is 28.8 Å². The van der Waals surface area contributed by atoms with Crippen molar-refractivity contribution in [2.24, 2.45) is 5.92 Å². The molecular formula is C13H18ClN3O2S. The molecule has 110 valence electrons. The van der Waals surface area contributed by atoms with E-state index >= 15 is 0 Å². The third kappa shape index (κ3) is 4.10. The Morgan fingerprint density at radius 1 is 1.45 bits per heavy atom. The number of nitrogens with zero attached hydrogens (tertiary/aromatic N) is 2. The first-order valence-corrected chi connectivity index (χ1v) is 8.03. The summed E-state index contributed by atoms with van der Waals surface area (Å²) in [6.45, 7) is 4.32. The normalized spacial score (nSPS) is 11.8. The molecule has 0 aliphatic rings. The van der Waals surface area contributed by atoms with Crippen LogP contribution in [0.4, 0.5) is 5.69 Å². The molecular weight excluding hydrogens is 298 g/mol. The summed E-state index contributed by atoms with van der Waals surface area (Å²) in [6.07, 6.45) is 0.137. The van der Waals surface area contributed by atoms with Gasteiger partial charge in [-0.15, -0.1) is 0 Å². The van der Waals surface area contributed by atoms with Crippen molar-refractivity contribution in [1.29, 1.82) is 5.26 Å². The molecule has 0 atom stereocenters. The van der Waals surface area contributed by atoms with Crippen LogP contribution in [0.15, 0.2) is 23.1 Å². The molecule has 0 radical (unpaired) electrons. The van der Waals surface area contributed by atoms with Crippen molar-refractivity contribution >= 4 is 27.3 Å². The lowest BCUT2D eigenvalue weighted by Gasteiger charge is -2.23. The summed E-state index contributed by atoms with van der Waals surface area (Å²) in [6, 6.07) is 6.26. The second-order valence-electron chi connectivity index (χ2n) is 4.85. The Morgan fingerprint density at radius 3 is 2.60 bits per heavy atom. The maximum absolute atomic E-state index is 12.6. The van der Waals surface area contributed by atoms with Gasteiger partial charge < -0.3 is 5.73 Å². The van der Waals surface area contributed by atoms with E-state index < -0.39 is 10.0 Å². The van der Waals surface area contributed by atoms with Crippen LogP contribution >= 0.6 is 11.6 Å². The molecule has 2 N–H and O–H groups in total. The summed E-state index contributed by atoms with van der Waals surface area (Å²) in [5.41, 5.74) is 5.98. The zero-order chi connectivity index (χ0) is 15.3. The van der Waals surface area contributed by atoms with Gasteiger partial charge in [-0.3, -0.25) is 0 Å². The van der Waals surface area contributed by atoms with Gasteiger partial charge >= 0.3 is 0 Å². The molecule has 0 bridgehead atoms. The first kappa shape index (κ1) is 16.8. The maximum Gasteiger partial charge on any atom is 0.244 e. The van der Waals surface area contributed by atoms with Gasteiger partial charge in [0.15, 0.2) is 0 Å². The molecule has 0 amide bonds. The van der Waals surface area contributed by atoms with Crippen LogP contribution in [0, 0.1) is 17.2 Å². The van der Waals surface area contributed by atoms with Gasteiger partial charge in [0.1, 0.15) is 4.90 Å². The standard InChI is InChI=1S/C13H18ClN3O2S/c1-10(2)9-17(7-3-6-15)20(18,19)13-5-4-11(16)8-12(13)14/h4-5,8,10H,3,7,9,16H2,1-2H3. The van der Waals surface area contributed by atoms with Crippen LogP contribution in [0.3, 0.4) is 0 Å². The fourth-order valence-electron chi connectivity index (χ4n) is 1.76. The van der Waals surface area contributed by atoms with Crippen LogP contribution in [0.5, 0.6) is 0 Å². The minimum Gasteiger partial charge on any atom is -0.399 e. The highest BCUT2D eigenvalue weighted by Gasteiger charge is 2.27. The maximum atomic E-state index is 12.6. The highest BCUT2D eigenvalue weighted by Crippen LogP contribution is 2.27. The molecule has 0 aliphatic heterocycles. The van der Waals surface area contributed by atoms with Crippen molar-refractivity contribution in [3.05, 3.63) is 23.2 Å². The molecule has 0 spiro atoms. The third-order valence-electron chi connectivity index (χ3n) is 2.62. The summed E-state index contributed by atoms with van der Waals surface area (Å²) in [5.74, 6) is 0.149. The van der Waals surface area contributed by atoms with Gasteiger partial charge in [0, 0.05) is 25.2 Å². The largest absolute Gasteiger partial charge is 0.399 e. The van der Waals surface area contributed by atoms with E-state index in [2.05, 4.69) is 0 Å². The summed E-state index contributed by atoms with van der Waals surface area (Å²) in [7, 11) is -3.72. The van der Waals surface area contributed by atoms with Crippen LogP contribution < -0.4 is 5.73 Å². The molecule has 1 rings (SSSR count). The quantitative estimate of drug-likeness (QED) is 0.817.